The molecule has 0 aliphatic heterocycles. The fraction of sp³-hybridized carbons (Fsp3) is 0.391. The number of hydrazone groups is 1. The van der Waals surface area contributed by atoms with Gasteiger partial charge in [0.05, 0.1) is 5.92 Å². The standard InChI is InChI=1S/C23H28N2O/c1-3-11-20(12-4-2)24-25-22(26)21-17-23(21,18-13-7-5-8-14-18)19-15-9-6-10-16-19/h5-10,13-16,21H,3-4,11-12,17H2,1-2H3,(H,25,26)/t21-/m0/s1. The molecule has 2 aromatic carbocycles. The Morgan fingerprint density at radius 1 is 0.962 bits per heavy atom. The van der Waals surface area contributed by atoms with Crippen molar-refractivity contribution >= 4 is 11.6 Å². The van der Waals surface area contributed by atoms with E-state index in [0.29, 0.717) is 0 Å². The minimum Gasteiger partial charge on any atom is -0.273 e. The minimum atomic E-state index is -0.224. The Kier molecular flexibility index (Phi) is 5.87. The van der Waals surface area contributed by atoms with Gasteiger partial charge in [0, 0.05) is 11.1 Å². The van der Waals surface area contributed by atoms with E-state index in [9.17, 15) is 4.79 Å². The highest BCUT2D eigenvalue weighted by molar-refractivity contribution is 5.89. The molecule has 0 heterocycles. The summed E-state index contributed by atoms with van der Waals surface area (Å²) in [5.41, 5.74) is 6.14. The van der Waals surface area contributed by atoms with Crippen molar-refractivity contribution in [3.63, 3.8) is 0 Å². The molecular weight excluding hydrogens is 320 g/mol. The molecule has 26 heavy (non-hydrogen) atoms. The zero-order valence-corrected chi connectivity index (χ0v) is 15.7. The predicted octanol–water partition coefficient (Wildman–Crippen LogP) is 5.07. The Morgan fingerprint density at radius 3 is 1.92 bits per heavy atom. The van der Waals surface area contributed by atoms with Crippen LogP contribution in [0.5, 0.6) is 0 Å². The molecule has 1 aliphatic carbocycles. The molecule has 0 unspecified atom stereocenters. The van der Waals surface area contributed by atoms with Crippen LogP contribution in [0.4, 0.5) is 0 Å². The maximum Gasteiger partial charge on any atom is 0.244 e. The fourth-order valence-electron chi connectivity index (χ4n) is 3.88. The van der Waals surface area contributed by atoms with Crippen LogP contribution in [0.3, 0.4) is 0 Å². The van der Waals surface area contributed by atoms with Gasteiger partial charge in [0.15, 0.2) is 0 Å². The number of hydrogen-bond acceptors (Lipinski definition) is 2. The third kappa shape index (κ3) is 3.72. The van der Waals surface area contributed by atoms with Gasteiger partial charge in [-0.05, 0) is 30.4 Å². The second-order valence-corrected chi connectivity index (χ2v) is 7.11. The van der Waals surface area contributed by atoms with E-state index in [1.165, 1.54) is 11.1 Å². The van der Waals surface area contributed by atoms with Gasteiger partial charge < -0.3 is 0 Å². The molecule has 3 nitrogen and oxygen atoms in total. The highest BCUT2D eigenvalue weighted by atomic mass is 16.2. The van der Waals surface area contributed by atoms with Crippen LogP contribution in [0.25, 0.3) is 0 Å². The lowest BCUT2D eigenvalue weighted by Crippen LogP contribution is -2.26. The van der Waals surface area contributed by atoms with Gasteiger partial charge in [0.2, 0.25) is 5.91 Å². The molecule has 1 amide bonds. The van der Waals surface area contributed by atoms with Crippen molar-refractivity contribution in [2.75, 3.05) is 0 Å². The van der Waals surface area contributed by atoms with Crippen LogP contribution in [-0.2, 0) is 10.2 Å². The van der Waals surface area contributed by atoms with Gasteiger partial charge in [0.1, 0.15) is 0 Å². The first kappa shape index (κ1) is 18.4. The van der Waals surface area contributed by atoms with E-state index >= 15 is 0 Å². The number of rotatable bonds is 8. The lowest BCUT2D eigenvalue weighted by Gasteiger charge is -2.18. The smallest absolute Gasteiger partial charge is 0.244 e. The molecule has 0 saturated heterocycles. The molecule has 136 valence electrons. The maximum atomic E-state index is 12.9. The SMILES string of the molecule is CCCC(CCC)=NNC(=O)[C@@H]1CC1(c1ccccc1)c1ccccc1. The summed E-state index contributed by atoms with van der Waals surface area (Å²) in [5.74, 6) is -0.0389. The third-order valence-electron chi connectivity index (χ3n) is 5.26. The monoisotopic (exact) mass is 348 g/mol. The number of nitrogens with one attached hydrogen (secondary N) is 1. The predicted molar refractivity (Wildman–Crippen MR) is 107 cm³/mol. The molecule has 0 aromatic heterocycles. The van der Waals surface area contributed by atoms with Gasteiger partial charge in [-0.2, -0.15) is 5.10 Å². The molecule has 3 rings (SSSR count). The summed E-state index contributed by atoms with van der Waals surface area (Å²) in [6.07, 6.45) is 4.83. The first-order valence-corrected chi connectivity index (χ1v) is 9.68. The summed E-state index contributed by atoms with van der Waals surface area (Å²) < 4.78 is 0. The Hall–Kier alpha value is -2.42. The lowest BCUT2D eigenvalue weighted by molar-refractivity contribution is -0.122. The first-order valence-electron chi connectivity index (χ1n) is 9.68. The molecule has 3 heteroatoms. The van der Waals surface area contributed by atoms with Gasteiger partial charge in [-0.1, -0.05) is 87.4 Å². The molecule has 2 aromatic rings. The topological polar surface area (TPSA) is 41.5 Å². The van der Waals surface area contributed by atoms with Crippen molar-refractivity contribution in [1.82, 2.24) is 5.43 Å². The fourth-order valence-corrected chi connectivity index (χ4v) is 3.88. The number of nitrogens with zero attached hydrogens (tertiary/aromatic N) is 1. The molecule has 0 radical (unpaired) electrons. The van der Waals surface area contributed by atoms with E-state index in [4.69, 9.17) is 0 Å². The zero-order valence-electron chi connectivity index (χ0n) is 15.7. The summed E-state index contributed by atoms with van der Waals surface area (Å²) in [5, 5.41) is 4.43. The van der Waals surface area contributed by atoms with Crippen molar-refractivity contribution in [1.29, 1.82) is 0 Å². The molecule has 1 N–H and O–H groups in total. The molecule has 1 saturated carbocycles. The van der Waals surface area contributed by atoms with Crippen molar-refractivity contribution in [3.8, 4) is 0 Å². The van der Waals surface area contributed by atoms with Crippen LogP contribution >= 0.6 is 0 Å². The Bertz CT molecular complexity index is 705. The number of amides is 1. The second kappa shape index (κ2) is 8.31. The van der Waals surface area contributed by atoms with Gasteiger partial charge in [-0.25, -0.2) is 5.43 Å². The summed E-state index contributed by atoms with van der Waals surface area (Å²) in [4.78, 5) is 12.9. The highest BCUT2D eigenvalue weighted by Gasteiger charge is 2.60. The molecular formula is C23H28N2O. The molecule has 0 bridgehead atoms. The van der Waals surface area contributed by atoms with Crippen LogP contribution in [0, 0.1) is 5.92 Å². The average Bonchev–Trinajstić information content (AvgIpc) is 3.45. The van der Waals surface area contributed by atoms with Crippen LogP contribution in [0.1, 0.15) is 57.1 Å². The van der Waals surface area contributed by atoms with Crippen LogP contribution in [0.2, 0.25) is 0 Å². The van der Waals surface area contributed by atoms with Gasteiger partial charge in [0.25, 0.3) is 0 Å². The quantitative estimate of drug-likeness (QED) is 0.525. The third-order valence-corrected chi connectivity index (χ3v) is 5.26. The number of benzene rings is 2. The Morgan fingerprint density at radius 2 is 1.46 bits per heavy atom. The van der Waals surface area contributed by atoms with E-state index in [0.717, 1.165) is 37.8 Å². The van der Waals surface area contributed by atoms with Gasteiger partial charge in [-0.15, -0.1) is 0 Å². The first-order chi connectivity index (χ1) is 12.7. The van der Waals surface area contributed by atoms with E-state index in [1.54, 1.807) is 0 Å². The molecule has 1 fully saturated rings. The van der Waals surface area contributed by atoms with Crippen molar-refractivity contribution in [3.05, 3.63) is 71.8 Å². The van der Waals surface area contributed by atoms with Crippen LogP contribution in [0.15, 0.2) is 65.8 Å². The Balaban J connectivity index is 1.82. The minimum absolute atomic E-state index is 0.0300. The highest BCUT2D eigenvalue weighted by Crippen LogP contribution is 2.58. The number of hydrogen-bond donors (Lipinski definition) is 1. The average molecular weight is 348 g/mol. The van der Waals surface area contributed by atoms with Crippen molar-refractivity contribution < 1.29 is 4.79 Å². The molecule has 1 aliphatic rings. The Labute approximate surface area is 156 Å². The van der Waals surface area contributed by atoms with Crippen LogP contribution in [-0.4, -0.2) is 11.6 Å². The van der Waals surface area contributed by atoms with E-state index < -0.39 is 0 Å². The summed E-state index contributed by atoms with van der Waals surface area (Å²) >= 11 is 0. The molecule has 0 spiro atoms. The van der Waals surface area contributed by atoms with Crippen LogP contribution < -0.4 is 5.43 Å². The van der Waals surface area contributed by atoms with E-state index in [1.807, 2.05) is 36.4 Å². The maximum absolute atomic E-state index is 12.9. The summed E-state index contributed by atoms with van der Waals surface area (Å²) in [7, 11) is 0. The van der Waals surface area contributed by atoms with Gasteiger partial charge >= 0.3 is 0 Å². The van der Waals surface area contributed by atoms with Crippen molar-refractivity contribution in [2.45, 2.75) is 51.4 Å². The lowest BCUT2D eigenvalue weighted by atomic mass is 9.85. The second-order valence-electron chi connectivity index (χ2n) is 7.11. The van der Waals surface area contributed by atoms with Crippen molar-refractivity contribution in [2.24, 2.45) is 11.0 Å². The van der Waals surface area contributed by atoms with E-state index in [2.05, 4.69) is 48.6 Å². The summed E-state index contributed by atoms with van der Waals surface area (Å²) in [6, 6.07) is 20.7. The van der Waals surface area contributed by atoms with E-state index in [-0.39, 0.29) is 17.2 Å². The largest absolute Gasteiger partial charge is 0.273 e. The zero-order chi connectivity index (χ0) is 18.4. The number of carbonyl (C=O) groups is 1. The number of carbonyl (C=O) groups excluding carboxylic acids is 1. The molecule has 1 atom stereocenters. The normalized spacial score (nSPS) is 17.4. The summed E-state index contributed by atoms with van der Waals surface area (Å²) in [6.45, 7) is 4.29. The van der Waals surface area contributed by atoms with Gasteiger partial charge in [-0.3, -0.25) is 4.79 Å².